The lowest BCUT2D eigenvalue weighted by Gasteiger charge is -2.29. The third-order valence-electron chi connectivity index (χ3n) is 4.16. The van der Waals surface area contributed by atoms with Gasteiger partial charge in [-0.05, 0) is 36.4 Å². The molecule has 0 saturated heterocycles. The van der Waals surface area contributed by atoms with Gasteiger partial charge in [-0.3, -0.25) is 14.4 Å². The number of carbonyl (C=O) groups excluding carboxylic acids is 3. The van der Waals surface area contributed by atoms with Gasteiger partial charge in [0.05, 0.1) is 11.4 Å². The number of para-hydroxylation sites is 2. The minimum Gasteiger partial charge on any atom is -0.492 e. The summed E-state index contributed by atoms with van der Waals surface area (Å²) in [6, 6.07) is 14.0. The van der Waals surface area contributed by atoms with E-state index in [1.165, 1.54) is 4.90 Å². The maximum absolute atomic E-state index is 12.5. The molecule has 2 aromatic carbocycles. The van der Waals surface area contributed by atoms with Crippen LogP contribution in [0, 0.1) is 0 Å². The Morgan fingerprint density at radius 2 is 1.83 bits per heavy atom. The molecule has 29 heavy (non-hydrogen) atoms. The van der Waals surface area contributed by atoms with Crippen molar-refractivity contribution >= 4 is 47.2 Å². The van der Waals surface area contributed by atoms with Crippen LogP contribution in [0.3, 0.4) is 0 Å². The number of rotatable bonds is 7. The van der Waals surface area contributed by atoms with Gasteiger partial charge in [0.2, 0.25) is 17.7 Å². The van der Waals surface area contributed by atoms with E-state index in [0.29, 0.717) is 36.0 Å². The molecule has 1 aliphatic rings. The second-order valence-electron chi connectivity index (χ2n) is 6.25. The molecule has 0 unspecified atom stereocenters. The van der Waals surface area contributed by atoms with Gasteiger partial charge in [0.25, 0.3) is 0 Å². The van der Waals surface area contributed by atoms with E-state index in [9.17, 15) is 14.4 Å². The highest BCUT2D eigenvalue weighted by Crippen LogP contribution is 2.29. The molecule has 0 aromatic heterocycles. The molecule has 8 nitrogen and oxygen atoms in total. The lowest BCUT2D eigenvalue weighted by atomic mass is 10.1. The second kappa shape index (κ2) is 10.4. The molecule has 4 N–H and O–H groups in total. The van der Waals surface area contributed by atoms with E-state index in [2.05, 4.69) is 10.6 Å². The van der Waals surface area contributed by atoms with Gasteiger partial charge >= 0.3 is 0 Å². The van der Waals surface area contributed by atoms with E-state index in [0.717, 1.165) is 0 Å². The summed E-state index contributed by atoms with van der Waals surface area (Å²) in [7, 11) is 0. The van der Waals surface area contributed by atoms with Gasteiger partial charge in [-0.25, -0.2) is 0 Å². The van der Waals surface area contributed by atoms with Gasteiger partial charge < -0.3 is 26.0 Å². The molecule has 3 amide bonds. The fraction of sp³-hybridized carbons (Fsp3) is 0.250. The number of nitrogens with zero attached hydrogens (tertiary/aromatic N) is 1. The van der Waals surface area contributed by atoms with Crippen LogP contribution < -0.4 is 26.0 Å². The maximum atomic E-state index is 12.5. The third kappa shape index (κ3) is 5.94. The average molecular weight is 419 g/mol. The molecular formula is C20H23ClN4O4. The summed E-state index contributed by atoms with van der Waals surface area (Å²) in [5.41, 5.74) is 7.22. The Balaban J connectivity index is 0.00000300. The first-order chi connectivity index (χ1) is 13.6. The number of anilines is 3. The van der Waals surface area contributed by atoms with Crippen LogP contribution in [-0.4, -0.2) is 37.4 Å². The zero-order valence-corrected chi connectivity index (χ0v) is 16.5. The molecule has 2 aromatic rings. The summed E-state index contributed by atoms with van der Waals surface area (Å²) >= 11 is 0. The standard InChI is InChI=1S/C20H22N4O4.ClH/c21-11-12-28-15-7-5-14(6-8-15)22-18(25)9-10-20(27)24-13-19(26)23-16-3-1-2-4-17(16)24;/h1-8H,9-13,21H2,(H,22,25)(H,23,26);1H. The average Bonchev–Trinajstić information content (AvgIpc) is 2.71. The molecule has 154 valence electrons. The minimum atomic E-state index is -0.279. The van der Waals surface area contributed by atoms with Crippen molar-refractivity contribution in [3.63, 3.8) is 0 Å². The number of benzene rings is 2. The largest absolute Gasteiger partial charge is 0.492 e. The number of fused-ring (bicyclic) bond motifs is 1. The van der Waals surface area contributed by atoms with Crippen molar-refractivity contribution in [2.75, 3.05) is 35.2 Å². The zero-order chi connectivity index (χ0) is 19.9. The van der Waals surface area contributed by atoms with Crippen LogP contribution in [0.4, 0.5) is 17.1 Å². The summed E-state index contributed by atoms with van der Waals surface area (Å²) in [4.78, 5) is 37.9. The van der Waals surface area contributed by atoms with Crippen LogP contribution in [0.25, 0.3) is 0 Å². The highest BCUT2D eigenvalue weighted by Gasteiger charge is 2.26. The molecule has 1 heterocycles. The van der Waals surface area contributed by atoms with Crippen molar-refractivity contribution in [3.05, 3.63) is 48.5 Å². The highest BCUT2D eigenvalue weighted by atomic mass is 35.5. The number of hydrogen-bond acceptors (Lipinski definition) is 5. The quantitative estimate of drug-likeness (QED) is 0.637. The molecule has 3 rings (SSSR count). The van der Waals surface area contributed by atoms with Crippen LogP contribution in [0.15, 0.2) is 48.5 Å². The van der Waals surface area contributed by atoms with Crippen molar-refractivity contribution in [1.82, 2.24) is 0 Å². The Labute approximate surface area is 174 Å². The van der Waals surface area contributed by atoms with E-state index in [4.69, 9.17) is 10.5 Å². The van der Waals surface area contributed by atoms with Gasteiger partial charge in [-0.15, -0.1) is 12.4 Å². The Morgan fingerprint density at radius 1 is 1.10 bits per heavy atom. The first kappa shape index (κ1) is 22.2. The van der Waals surface area contributed by atoms with Crippen molar-refractivity contribution in [3.8, 4) is 5.75 Å². The van der Waals surface area contributed by atoms with E-state index in [1.54, 1.807) is 48.5 Å². The topological polar surface area (TPSA) is 114 Å². The number of hydrogen-bond donors (Lipinski definition) is 3. The van der Waals surface area contributed by atoms with Crippen LogP contribution in [-0.2, 0) is 14.4 Å². The van der Waals surface area contributed by atoms with Gasteiger partial charge in [-0.2, -0.15) is 0 Å². The lowest BCUT2D eigenvalue weighted by Crippen LogP contribution is -2.42. The molecule has 0 fully saturated rings. The van der Waals surface area contributed by atoms with Gasteiger partial charge in [-0.1, -0.05) is 12.1 Å². The lowest BCUT2D eigenvalue weighted by molar-refractivity contribution is -0.124. The summed E-state index contributed by atoms with van der Waals surface area (Å²) in [5, 5.41) is 5.47. The van der Waals surface area contributed by atoms with Crippen LogP contribution in [0.1, 0.15) is 12.8 Å². The van der Waals surface area contributed by atoms with Gasteiger partial charge in [0.15, 0.2) is 0 Å². The molecule has 0 spiro atoms. The first-order valence-electron chi connectivity index (χ1n) is 8.99. The fourth-order valence-electron chi connectivity index (χ4n) is 2.85. The van der Waals surface area contributed by atoms with E-state index in [-0.39, 0.29) is 49.5 Å². The molecule has 9 heteroatoms. The molecule has 0 saturated carbocycles. The van der Waals surface area contributed by atoms with Crippen molar-refractivity contribution in [1.29, 1.82) is 0 Å². The Morgan fingerprint density at radius 3 is 2.55 bits per heavy atom. The number of nitrogens with one attached hydrogen (secondary N) is 2. The van der Waals surface area contributed by atoms with Crippen molar-refractivity contribution in [2.24, 2.45) is 5.73 Å². The number of amides is 3. The summed E-state index contributed by atoms with van der Waals surface area (Å²) in [6.07, 6.45) is 0.0235. The summed E-state index contributed by atoms with van der Waals surface area (Å²) < 4.78 is 5.38. The van der Waals surface area contributed by atoms with E-state index < -0.39 is 0 Å². The van der Waals surface area contributed by atoms with Crippen molar-refractivity contribution < 1.29 is 19.1 Å². The second-order valence-corrected chi connectivity index (χ2v) is 6.25. The molecule has 0 aliphatic carbocycles. The summed E-state index contributed by atoms with van der Waals surface area (Å²) in [6.45, 7) is 0.795. The smallest absolute Gasteiger partial charge is 0.244 e. The number of ether oxygens (including phenoxy) is 1. The van der Waals surface area contributed by atoms with Crippen LogP contribution in [0.2, 0.25) is 0 Å². The molecule has 0 bridgehead atoms. The SMILES string of the molecule is Cl.NCCOc1ccc(NC(=O)CCC(=O)N2CC(=O)Nc3ccccc32)cc1. The Bertz CT molecular complexity index is 873. The predicted octanol–water partition coefficient (Wildman–Crippen LogP) is 2.15. The zero-order valence-electron chi connectivity index (χ0n) is 15.7. The normalized spacial score (nSPS) is 12.3. The minimum absolute atomic E-state index is 0. The molecule has 0 atom stereocenters. The fourth-order valence-corrected chi connectivity index (χ4v) is 2.85. The number of halogens is 1. The Kier molecular flexibility index (Phi) is 7.99. The van der Waals surface area contributed by atoms with Crippen LogP contribution >= 0.6 is 12.4 Å². The van der Waals surface area contributed by atoms with Crippen molar-refractivity contribution in [2.45, 2.75) is 12.8 Å². The maximum Gasteiger partial charge on any atom is 0.244 e. The molecular weight excluding hydrogens is 396 g/mol. The van der Waals surface area contributed by atoms with E-state index >= 15 is 0 Å². The monoisotopic (exact) mass is 418 g/mol. The molecule has 0 radical (unpaired) electrons. The first-order valence-corrected chi connectivity index (χ1v) is 8.99. The highest BCUT2D eigenvalue weighted by molar-refractivity contribution is 6.10. The predicted molar refractivity (Wildman–Crippen MR) is 114 cm³/mol. The Hall–Kier alpha value is -3.10. The number of carbonyl (C=O) groups is 3. The molecule has 1 aliphatic heterocycles. The van der Waals surface area contributed by atoms with Gasteiger partial charge in [0.1, 0.15) is 18.9 Å². The van der Waals surface area contributed by atoms with Gasteiger partial charge in [0, 0.05) is 25.1 Å². The number of nitrogens with two attached hydrogens (primary N) is 1. The third-order valence-corrected chi connectivity index (χ3v) is 4.16. The van der Waals surface area contributed by atoms with E-state index in [1.807, 2.05) is 0 Å². The van der Waals surface area contributed by atoms with Crippen LogP contribution in [0.5, 0.6) is 5.75 Å². The summed E-state index contributed by atoms with van der Waals surface area (Å²) in [5.74, 6) is -0.143.